The Kier molecular flexibility index (Phi) is 5.54. The summed E-state index contributed by atoms with van der Waals surface area (Å²) < 4.78 is 27.8. The van der Waals surface area contributed by atoms with Crippen LogP contribution in [-0.4, -0.2) is 43.5 Å². The number of amides is 2. The van der Waals surface area contributed by atoms with Crippen LogP contribution in [0.5, 0.6) is 28.7 Å². The van der Waals surface area contributed by atoms with Gasteiger partial charge in [0.1, 0.15) is 29.6 Å². The highest BCUT2D eigenvalue weighted by Gasteiger charge is 2.25. The van der Waals surface area contributed by atoms with E-state index in [0.29, 0.717) is 64.7 Å². The molecule has 174 valence electrons. The molecule has 5 rings (SSSR count). The van der Waals surface area contributed by atoms with Crippen LogP contribution in [0.1, 0.15) is 5.76 Å². The van der Waals surface area contributed by atoms with Crippen molar-refractivity contribution in [3.05, 3.63) is 54.4 Å². The highest BCUT2D eigenvalue weighted by atomic mass is 16.5. The van der Waals surface area contributed by atoms with Gasteiger partial charge in [-0.2, -0.15) is 0 Å². The standard InChI is InChI=1S/C24H22N4O6/c1-14-10-23(27-34-14)26-24(29)28-8-9-32-20-11-15(4-5-18(20)28)33-19-6-7-25-17-13-22(31-3)21(30-2)12-16(17)19/h4-7,10-13H,8-9H2,1-3H3,(H,26,27,29). The number of methoxy groups -OCH3 is 2. The maximum atomic E-state index is 12.8. The number of urea groups is 1. The Labute approximate surface area is 195 Å². The van der Waals surface area contributed by atoms with Crippen molar-refractivity contribution in [1.82, 2.24) is 10.1 Å². The lowest BCUT2D eigenvalue weighted by Crippen LogP contribution is -2.40. The number of carbonyl (C=O) groups excluding carboxylic acids is 1. The van der Waals surface area contributed by atoms with Gasteiger partial charge in [0.05, 0.1) is 32.0 Å². The van der Waals surface area contributed by atoms with Gasteiger partial charge in [-0.25, -0.2) is 4.79 Å². The van der Waals surface area contributed by atoms with Gasteiger partial charge in [-0.1, -0.05) is 5.16 Å². The van der Waals surface area contributed by atoms with Crippen LogP contribution < -0.4 is 29.2 Å². The Morgan fingerprint density at radius 1 is 1.06 bits per heavy atom. The van der Waals surface area contributed by atoms with E-state index in [4.69, 9.17) is 23.5 Å². The molecule has 10 heteroatoms. The van der Waals surface area contributed by atoms with E-state index in [1.807, 2.05) is 6.07 Å². The van der Waals surface area contributed by atoms with E-state index in [1.165, 1.54) is 0 Å². The minimum Gasteiger partial charge on any atom is -0.493 e. The first kappa shape index (κ1) is 21.4. The van der Waals surface area contributed by atoms with Crippen LogP contribution in [0, 0.1) is 6.92 Å². The van der Waals surface area contributed by atoms with Gasteiger partial charge in [0.15, 0.2) is 17.3 Å². The van der Waals surface area contributed by atoms with Crippen LogP contribution in [0.15, 0.2) is 53.2 Å². The number of fused-ring (bicyclic) bond motifs is 2. The van der Waals surface area contributed by atoms with Crippen LogP contribution in [0.25, 0.3) is 10.9 Å². The number of anilines is 2. The van der Waals surface area contributed by atoms with Gasteiger partial charge in [0, 0.05) is 29.8 Å². The molecule has 1 N–H and O–H groups in total. The van der Waals surface area contributed by atoms with Crippen molar-refractivity contribution in [2.75, 3.05) is 37.6 Å². The largest absolute Gasteiger partial charge is 0.493 e. The average Bonchev–Trinajstić information content (AvgIpc) is 3.27. The number of rotatable bonds is 5. The fraction of sp³-hybridized carbons (Fsp3) is 0.208. The molecule has 34 heavy (non-hydrogen) atoms. The van der Waals surface area contributed by atoms with E-state index in [2.05, 4.69) is 15.5 Å². The van der Waals surface area contributed by atoms with E-state index >= 15 is 0 Å². The fourth-order valence-corrected chi connectivity index (χ4v) is 3.74. The molecule has 1 aliphatic heterocycles. The second-order valence-corrected chi connectivity index (χ2v) is 7.52. The monoisotopic (exact) mass is 462 g/mol. The van der Waals surface area contributed by atoms with Gasteiger partial charge in [0.2, 0.25) is 0 Å². The second kappa shape index (κ2) is 8.81. The van der Waals surface area contributed by atoms with Crippen LogP contribution in [0.2, 0.25) is 0 Å². The first-order valence-corrected chi connectivity index (χ1v) is 10.5. The van der Waals surface area contributed by atoms with Gasteiger partial charge in [-0.05, 0) is 31.2 Å². The minimum absolute atomic E-state index is 0.326. The predicted octanol–water partition coefficient (Wildman–Crippen LogP) is 4.77. The van der Waals surface area contributed by atoms with Crippen LogP contribution in [-0.2, 0) is 0 Å². The summed E-state index contributed by atoms with van der Waals surface area (Å²) in [6.07, 6.45) is 1.66. The Hall–Kier alpha value is -4.47. The molecule has 10 nitrogen and oxygen atoms in total. The van der Waals surface area contributed by atoms with E-state index in [9.17, 15) is 4.79 Å². The zero-order valence-electron chi connectivity index (χ0n) is 18.8. The molecular formula is C24H22N4O6. The number of hydrogen-bond donors (Lipinski definition) is 1. The third kappa shape index (κ3) is 4.01. The summed E-state index contributed by atoms with van der Waals surface area (Å²) in [4.78, 5) is 18.8. The number of nitrogens with one attached hydrogen (secondary N) is 1. The van der Waals surface area contributed by atoms with Gasteiger partial charge in [-0.15, -0.1) is 0 Å². The summed E-state index contributed by atoms with van der Waals surface area (Å²) >= 11 is 0. The van der Waals surface area contributed by atoms with Crippen molar-refractivity contribution in [3.63, 3.8) is 0 Å². The van der Waals surface area contributed by atoms with Gasteiger partial charge in [0.25, 0.3) is 0 Å². The molecule has 0 fully saturated rings. The van der Waals surface area contributed by atoms with Crippen LogP contribution in [0.4, 0.5) is 16.3 Å². The SMILES string of the molecule is COc1cc2nccc(Oc3ccc4c(c3)OCCN4C(=O)Nc3cc(C)on3)c2cc1OC. The Morgan fingerprint density at radius 2 is 1.88 bits per heavy atom. The molecule has 0 saturated carbocycles. The summed E-state index contributed by atoms with van der Waals surface area (Å²) in [5.74, 6) is 3.80. The molecule has 2 aromatic carbocycles. The Bertz CT molecular complexity index is 1370. The third-order valence-electron chi connectivity index (χ3n) is 5.34. The average molecular weight is 462 g/mol. The number of aryl methyl sites for hydroxylation is 1. The summed E-state index contributed by atoms with van der Waals surface area (Å²) in [6.45, 7) is 2.50. The molecule has 0 spiro atoms. The molecule has 2 amide bonds. The first-order chi connectivity index (χ1) is 16.6. The number of benzene rings is 2. The zero-order chi connectivity index (χ0) is 23.7. The van der Waals surface area contributed by atoms with Crippen molar-refractivity contribution < 1.29 is 28.3 Å². The van der Waals surface area contributed by atoms with E-state index < -0.39 is 0 Å². The van der Waals surface area contributed by atoms with Crippen molar-refractivity contribution >= 4 is 28.4 Å². The summed E-state index contributed by atoms with van der Waals surface area (Å²) in [5.41, 5.74) is 1.33. The molecule has 0 saturated heterocycles. The molecule has 1 aliphatic rings. The molecule has 3 heterocycles. The molecule has 0 aliphatic carbocycles. The topological polar surface area (TPSA) is 108 Å². The normalized spacial score (nSPS) is 12.6. The van der Waals surface area contributed by atoms with Gasteiger partial charge < -0.3 is 23.5 Å². The first-order valence-electron chi connectivity index (χ1n) is 10.5. The lowest BCUT2D eigenvalue weighted by atomic mass is 10.1. The highest BCUT2D eigenvalue weighted by Crippen LogP contribution is 2.40. The van der Waals surface area contributed by atoms with Crippen LogP contribution in [0.3, 0.4) is 0 Å². The third-order valence-corrected chi connectivity index (χ3v) is 5.34. The van der Waals surface area contributed by atoms with Gasteiger partial charge in [-0.3, -0.25) is 15.2 Å². The summed E-state index contributed by atoms with van der Waals surface area (Å²) in [6, 6.07) is 12.0. The Balaban J connectivity index is 1.41. The fourth-order valence-electron chi connectivity index (χ4n) is 3.74. The number of aromatic nitrogens is 2. The van der Waals surface area contributed by atoms with Crippen LogP contribution >= 0.6 is 0 Å². The minimum atomic E-state index is -0.326. The molecule has 0 bridgehead atoms. The number of ether oxygens (including phenoxy) is 4. The number of nitrogens with zero attached hydrogens (tertiary/aromatic N) is 3. The van der Waals surface area contributed by atoms with E-state index in [-0.39, 0.29) is 6.03 Å². The molecule has 0 unspecified atom stereocenters. The second-order valence-electron chi connectivity index (χ2n) is 7.52. The van der Waals surface area contributed by atoms with Crippen molar-refractivity contribution in [3.8, 4) is 28.7 Å². The van der Waals surface area contributed by atoms with E-state index in [1.54, 1.807) is 68.6 Å². The Morgan fingerprint density at radius 3 is 2.65 bits per heavy atom. The smallest absolute Gasteiger partial charge is 0.327 e. The number of carbonyl (C=O) groups is 1. The molecule has 2 aromatic heterocycles. The number of pyridine rings is 1. The molecular weight excluding hydrogens is 440 g/mol. The van der Waals surface area contributed by atoms with Crippen molar-refractivity contribution in [2.45, 2.75) is 6.92 Å². The summed E-state index contributed by atoms with van der Waals surface area (Å²) in [5, 5.41) is 7.31. The maximum Gasteiger partial charge on any atom is 0.327 e. The van der Waals surface area contributed by atoms with E-state index in [0.717, 1.165) is 5.39 Å². The lowest BCUT2D eigenvalue weighted by molar-refractivity contribution is 0.249. The van der Waals surface area contributed by atoms with Crippen molar-refractivity contribution in [1.29, 1.82) is 0 Å². The number of hydrogen-bond acceptors (Lipinski definition) is 8. The highest BCUT2D eigenvalue weighted by molar-refractivity contribution is 6.02. The lowest BCUT2D eigenvalue weighted by Gasteiger charge is -2.29. The predicted molar refractivity (Wildman–Crippen MR) is 124 cm³/mol. The zero-order valence-corrected chi connectivity index (χ0v) is 18.8. The van der Waals surface area contributed by atoms with Gasteiger partial charge >= 0.3 is 6.03 Å². The summed E-state index contributed by atoms with van der Waals surface area (Å²) in [7, 11) is 3.15. The molecule has 0 atom stereocenters. The van der Waals surface area contributed by atoms with Crippen molar-refractivity contribution in [2.24, 2.45) is 0 Å². The maximum absolute atomic E-state index is 12.8. The molecule has 0 radical (unpaired) electrons. The quantitative estimate of drug-likeness (QED) is 0.452. The molecule has 4 aromatic rings.